The van der Waals surface area contributed by atoms with Crippen LogP contribution in [0.2, 0.25) is 0 Å². The van der Waals surface area contributed by atoms with E-state index in [0.29, 0.717) is 13.1 Å². The van der Waals surface area contributed by atoms with E-state index in [0.717, 1.165) is 11.1 Å². The van der Waals surface area contributed by atoms with Gasteiger partial charge in [-0.3, -0.25) is 15.0 Å². The number of amides is 2. The van der Waals surface area contributed by atoms with Crippen LogP contribution < -0.4 is 21.9 Å². The van der Waals surface area contributed by atoms with Crippen LogP contribution in [0.4, 0.5) is 0 Å². The number of nitrogens with one attached hydrogen (secondary N) is 3. The number of nitrogens with two attached hydrogens (primary N) is 1. The largest absolute Gasteiger partial charge is 0.351 e. The lowest BCUT2D eigenvalue weighted by Gasteiger charge is -2.10. The molecule has 1 aliphatic rings. The van der Waals surface area contributed by atoms with Crippen LogP contribution in [0.25, 0.3) is 0 Å². The molecule has 0 saturated carbocycles. The molecule has 0 aromatic heterocycles. The van der Waals surface area contributed by atoms with Crippen molar-refractivity contribution >= 4 is 11.8 Å². The Bertz CT molecular complexity index is 461. The van der Waals surface area contributed by atoms with Crippen LogP contribution in [0.1, 0.15) is 17.5 Å². The van der Waals surface area contributed by atoms with Crippen molar-refractivity contribution < 1.29 is 9.59 Å². The molecule has 6 nitrogen and oxygen atoms in total. The number of hydrogen-bond donors (Lipinski definition) is 4. The first-order valence-corrected chi connectivity index (χ1v) is 5.79. The molecule has 0 radical (unpaired) electrons. The van der Waals surface area contributed by atoms with Gasteiger partial charge in [0.15, 0.2) is 0 Å². The molecular weight excluding hydrogens is 232 g/mol. The Morgan fingerprint density at radius 1 is 1.44 bits per heavy atom. The van der Waals surface area contributed by atoms with Gasteiger partial charge in [-0.2, -0.15) is 0 Å². The minimum absolute atomic E-state index is 0.166. The van der Waals surface area contributed by atoms with Gasteiger partial charge in [0, 0.05) is 13.1 Å². The third-order valence-corrected chi connectivity index (χ3v) is 2.79. The van der Waals surface area contributed by atoms with E-state index in [2.05, 4.69) is 16.2 Å². The SMILES string of the molecule is NCc1cccc(CNC(=O)C2CC(=O)NN2)c1. The molecule has 96 valence electrons. The second kappa shape index (κ2) is 5.61. The van der Waals surface area contributed by atoms with Gasteiger partial charge < -0.3 is 11.1 Å². The Hall–Kier alpha value is -1.92. The van der Waals surface area contributed by atoms with Crippen molar-refractivity contribution in [2.24, 2.45) is 5.73 Å². The van der Waals surface area contributed by atoms with E-state index in [4.69, 9.17) is 5.73 Å². The van der Waals surface area contributed by atoms with E-state index in [-0.39, 0.29) is 18.2 Å². The molecule has 5 N–H and O–H groups in total. The van der Waals surface area contributed by atoms with Crippen molar-refractivity contribution in [3.63, 3.8) is 0 Å². The second-order valence-corrected chi connectivity index (χ2v) is 4.19. The molecule has 1 aromatic carbocycles. The quantitative estimate of drug-likeness (QED) is 0.558. The van der Waals surface area contributed by atoms with Crippen LogP contribution in [-0.2, 0) is 22.7 Å². The molecule has 1 heterocycles. The molecule has 1 aliphatic heterocycles. The maximum absolute atomic E-state index is 11.7. The number of hydrogen-bond acceptors (Lipinski definition) is 4. The first kappa shape index (κ1) is 12.5. The molecule has 0 spiro atoms. The van der Waals surface area contributed by atoms with Gasteiger partial charge in [-0.1, -0.05) is 24.3 Å². The standard InChI is InChI=1S/C12H16N4O2/c13-6-8-2-1-3-9(4-8)7-14-12(18)10-5-11(17)16-15-10/h1-4,10,15H,5-7,13H2,(H,14,18)(H,16,17). The normalized spacial score (nSPS) is 18.5. The molecule has 2 rings (SSSR count). The molecule has 18 heavy (non-hydrogen) atoms. The van der Waals surface area contributed by atoms with Crippen molar-refractivity contribution in [2.45, 2.75) is 25.6 Å². The number of benzene rings is 1. The van der Waals surface area contributed by atoms with Crippen LogP contribution in [0.5, 0.6) is 0 Å². The van der Waals surface area contributed by atoms with Crippen LogP contribution >= 0.6 is 0 Å². The summed E-state index contributed by atoms with van der Waals surface area (Å²) >= 11 is 0. The third-order valence-electron chi connectivity index (χ3n) is 2.79. The first-order valence-electron chi connectivity index (χ1n) is 5.79. The summed E-state index contributed by atoms with van der Waals surface area (Å²) in [4.78, 5) is 22.7. The summed E-state index contributed by atoms with van der Waals surface area (Å²) in [5, 5.41) is 2.78. The lowest BCUT2D eigenvalue weighted by Crippen LogP contribution is -2.42. The lowest BCUT2D eigenvalue weighted by atomic mass is 10.1. The van der Waals surface area contributed by atoms with Crippen molar-refractivity contribution in [1.82, 2.24) is 16.2 Å². The molecular formula is C12H16N4O2. The highest BCUT2D eigenvalue weighted by molar-refractivity contribution is 5.90. The number of carbonyl (C=O) groups excluding carboxylic acids is 2. The Morgan fingerprint density at radius 2 is 2.22 bits per heavy atom. The Labute approximate surface area is 105 Å². The number of hydrazine groups is 1. The molecule has 1 unspecified atom stereocenters. The molecule has 1 atom stereocenters. The molecule has 0 aliphatic carbocycles. The Balaban J connectivity index is 1.87. The number of rotatable bonds is 4. The summed E-state index contributed by atoms with van der Waals surface area (Å²) in [6, 6.07) is 7.22. The fraction of sp³-hybridized carbons (Fsp3) is 0.333. The zero-order chi connectivity index (χ0) is 13.0. The van der Waals surface area contributed by atoms with E-state index >= 15 is 0 Å². The summed E-state index contributed by atoms with van der Waals surface area (Å²) in [7, 11) is 0. The van der Waals surface area contributed by atoms with Crippen molar-refractivity contribution in [3.8, 4) is 0 Å². The highest BCUT2D eigenvalue weighted by atomic mass is 16.2. The summed E-state index contributed by atoms with van der Waals surface area (Å²) in [5.41, 5.74) is 12.6. The topological polar surface area (TPSA) is 96.2 Å². The molecule has 2 amide bonds. The minimum Gasteiger partial charge on any atom is -0.351 e. The summed E-state index contributed by atoms with van der Waals surface area (Å²) in [6.45, 7) is 0.906. The summed E-state index contributed by atoms with van der Waals surface area (Å²) < 4.78 is 0. The van der Waals surface area contributed by atoms with E-state index in [1.165, 1.54) is 0 Å². The van der Waals surface area contributed by atoms with E-state index in [1.54, 1.807) is 0 Å². The van der Waals surface area contributed by atoms with E-state index < -0.39 is 6.04 Å². The van der Waals surface area contributed by atoms with Gasteiger partial charge in [0.25, 0.3) is 0 Å². The lowest BCUT2D eigenvalue weighted by molar-refractivity contribution is -0.124. The maximum atomic E-state index is 11.7. The van der Waals surface area contributed by atoms with Crippen molar-refractivity contribution in [1.29, 1.82) is 0 Å². The average molecular weight is 248 g/mol. The number of carbonyl (C=O) groups is 2. The molecule has 6 heteroatoms. The maximum Gasteiger partial charge on any atom is 0.239 e. The molecule has 1 saturated heterocycles. The third kappa shape index (κ3) is 3.06. The minimum atomic E-state index is -0.491. The average Bonchev–Trinajstić information content (AvgIpc) is 2.83. The van der Waals surface area contributed by atoms with Gasteiger partial charge in [0.1, 0.15) is 6.04 Å². The van der Waals surface area contributed by atoms with Gasteiger partial charge in [0.05, 0.1) is 6.42 Å². The van der Waals surface area contributed by atoms with Gasteiger partial charge in [-0.15, -0.1) is 0 Å². The fourth-order valence-corrected chi connectivity index (χ4v) is 1.79. The highest BCUT2D eigenvalue weighted by Gasteiger charge is 2.27. The Kier molecular flexibility index (Phi) is 3.91. The predicted molar refractivity (Wildman–Crippen MR) is 65.9 cm³/mol. The zero-order valence-electron chi connectivity index (χ0n) is 9.90. The zero-order valence-corrected chi connectivity index (χ0v) is 9.90. The van der Waals surface area contributed by atoms with E-state index in [1.807, 2.05) is 24.3 Å². The van der Waals surface area contributed by atoms with Crippen molar-refractivity contribution in [3.05, 3.63) is 35.4 Å². The first-order chi connectivity index (χ1) is 8.69. The summed E-state index contributed by atoms with van der Waals surface area (Å²) in [6.07, 6.45) is 0.175. The fourth-order valence-electron chi connectivity index (χ4n) is 1.79. The van der Waals surface area contributed by atoms with Crippen LogP contribution in [0.3, 0.4) is 0 Å². The van der Waals surface area contributed by atoms with Gasteiger partial charge in [-0.05, 0) is 11.1 Å². The molecule has 0 bridgehead atoms. The smallest absolute Gasteiger partial charge is 0.239 e. The molecule has 1 fully saturated rings. The van der Waals surface area contributed by atoms with Crippen molar-refractivity contribution in [2.75, 3.05) is 0 Å². The van der Waals surface area contributed by atoms with Crippen LogP contribution in [0, 0.1) is 0 Å². The van der Waals surface area contributed by atoms with Crippen LogP contribution in [0.15, 0.2) is 24.3 Å². The highest BCUT2D eigenvalue weighted by Crippen LogP contribution is 2.05. The van der Waals surface area contributed by atoms with Gasteiger partial charge in [0.2, 0.25) is 11.8 Å². The predicted octanol–water partition coefficient (Wildman–Crippen LogP) is -0.845. The summed E-state index contributed by atoms with van der Waals surface area (Å²) in [5.74, 6) is -0.355. The molecule has 1 aromatic rings. The Morgan fingerprint density at radius 3 is 2.89 bits per heavy atom. The monoisotopic (exact) mass is 248 g/mol. The second-order valence-electron chi connectivity index (χ2n) is 4.19. The van der Waals surface area contributed by atoms with E-state index in [9.17, 15) is 9.59 Å². The van der Waals surface area contributed by atoms with Crippen LogP contribution in [-0.4, -0.2) is 17.9 Å². The van der Waals surface area contributed by atoms with Gasteiger partial charge in [-0.25, -0.2) is 5.43 Å². The van der Waals surface area contributed by atoms with Gasteiger partial charge >= 0.3 is 0 Å².